The van der Waals surface area contributed by atoms with Gasteiger partial charge in [-0.3, -0.25) is 4.90 Å². The fraction of sp³-hybridized carbons (Fsp3) is 0.444. The number of nitrogens with two attached hydrogens (primary N) is 1. The smallest absolute Gasteiger partial charge is 0.119 e. The minimum atomic E-state index is 0.547. The molecule has 1 aliphatic rings. The highest BCUT2D eigenvalue weighted by atomic mass is 16.5. The standard InChI is InChI=1S/C18H24N2O/c1-21-18-8-7-15-10-14(5-6-16(15)11-18)13-20-9-3-2-4-17(20)12-19/h5-8,10-11,17H,2-4,9,12-13,19H2,1H3. The molecular weight excluding hydrogens is 260 g/mol. The molecule has 3 nitrogen and oxygen atoms in total. The number of benzene rings is 2. The lowest BCUT2D eigenvalue weighted by molar-refractivity contribution is 0.145. The Hall–Kier alpha value is -1.58. The third kappa shape index (κ3) is 3.20. The lowest BCUT2D eigenvalue weighted by atomic mass is 10.0. The molecule has 1 aliphatic heterocycles. The first-order chi connectivity index (χ1) is 10.3. The molecule has 0 bridgehead atoms. The Balaban J connectivity index is 1.80. The van der Waals surface area contributed by atoms with Crippen molar-refractivity contribution in [3.05, 3.63) is 42.0 Å². The highest BCUT2D eigenvalue weighted by molar-refractivity contribution is 5.84. The number of methoxy groups -OCH3 is 1. The Morgan fingerprint density at radius 1 is 1.14 bits per heavy atom. The second-order valence-electron chi connectivity index (χ2n) is 5.90. The molecule has 0 radical (unpaired) electrons. The van der Waals surface area contributed by atoms with Crippen LogP contribution in [0, 0.1) is 0 Å². The van der Waals surface area contributed by atoms with Crippen LogP contribution in [-0.4, -0.2) is 31.1 Å². The van der Waals surface area contributed by atoms with Crippen molar-refractivity contribution in [3.8, 4) is 5.75 Å². The molecule has 1 heterocycles. The highest BCUT2D eigenvalue weighted by Crippen LogP contribution is 2.24. The van der Waals surface area contributed by atoms with Crippen LogP contribution in [0.2, 0.25) is 0 Å². The van der Waals surface area contributed by atoms with Crippen LogP contribution in [0.5, 0.6) is 5.75 Å². The first-order valence-corrected chi connectivity index (χ1v) is 7.81. The van der Waals surface area contributed by atoms with Gasteiger partial charge in [0.05, 0.1) is 7.11 Å². The summed E-state index contributed by atoms with van der Waals surface area (Å²) >= 11 is 0. The Labute approximate surface area is 126 Å². The third-order valence-corrected chi connectivity index (χ3v) is 4.52. The average Bonchev–Trinajstić information content (AvgIpc) is 2.55. The summed E-state index contributed by atoms with van der Waals surface area (Å²) < 4.78 is 5.28. The molecule has 1 fully saturated rings. The maximum absolute atomic E-state index is 5.91. The van der Waals surface area contributed by atoms with Crippen molar-refractivity contribution in [1.29, 1.82) is 0 Å². The van der Waals surface area contributed by atoms with Gasteiger partial charge in [0.1, 0.15) is 5.75 Å². The van der Waals surface area contributed by atoms with Gasteiger partial charge in [-0.15, -0.1) is 0 Å². The van der Waals surface area contributed by atoms with E-state index in [1.54, 1.807) is 7.11 Å². The van der Waals surface area contributed by atoms with Crippen LogP contribution in [0.25, 0.3) is 10.8 Å². The summed E-state index contributed by atoms with van der Waals surface area (Å²) in [5.74, 6) is 0.912. The normalized spacial score (nSPS) is 19.8. The molecule has 3 rings (SSSR count). The average molecular weight is 284 g/mol. The van der Waals surface area contributed by atoms with Crippen LogP contribution in [0.1, 0.15) is 24.8 Å². The molecule has 3 heteroatoms. The van der Waals surface area contributed by atoms with E-state index in [2.05, 4.69) is 35.2 Å². The summed E-state index contributed by atoms with van der Waals surface area (Å²) in [7, 11) is 1.71. The van der Waals surface area contributed by atoms with E-state index in [1.807, 2.05) is 6.07 Å². The van der Waals surface area contributed by atoms with Gasteiger partial charge in [0.15, 0.2) is 0 Å². The summed E-state index contributed by atoms with van der Waals surface area (Å²) in [5, 5.41) is 2.50. The largest absolute Gasteiger partial charge is 0.497 e. The molecule has 0 amide bonds. The van der Waals surface area contributed by atoms with Gasteiger partial charge in [0.2, 0.25) is 0 Å². The van der Waals surface area contributed by atoms with Crippen molar-refractivity contribution in [2.75, 3.05) is 20.2 Å². The summed E-state index contributed by atoms with van der Waals surface area (Å²) in [6.07, 6.45) is 3.85. The predicted molar refractivity (Wildman–Crippen MR) is 87.6 cm³/mol. The van der Waals surface area contributed by atoms with E-state index < -0.39 is 0 Å². The van der Waals surface area contributed by atoms with E-state index >= 15 is 0 Å². The summed E-state index contributed by atoms with van der Waals surface area (Å²) in [6.45, 7) is 2.94. The second-order valence-corrected chi connectivity index (χ2v) is 5.90. The van der Waals surface area contributed by atoms with E-state index in [4.69, 9.17) is 10.5 Å². The Bertz CT molecular complexity index is 611. The van der Waals surface area contributed by atoms with Gasteiger partial charge >= 0.3 is 0 Å². The zero-order valence-corrected chi connectivity index (χ0v) is 12.7. The van der Waals surface area contributed by atoms with Crippen molar-refractivity contribution in [2.24, 2.45) is 5.73 Å². The van der Waals surface area contributed by atoms with Gasteiger partial charge in [-0.05, 0) is 53.9 Å². The summed E-state index contributed by atoms with van der Waals surface area (Å²) in [5.41, 5.74) is 7.28. The fourth-order valence-corrected chi connectivity index (χ4v) is 3.27. The van der Waals surface area contributed by atoms with Crippen LogP contribution < -0.4 is 10.5 Å². The molecule has 21 heavy (non-hydrogen) atoms. The summed E-state index contributed by atoms with van der Waals surface area (Å²) in [4.78, 5) is 2.54. The number of nitrogens with zero attached hydrogens (tertiary/aromatic N) is 1. The molecule has 1 atom stereocenters. The van der Waals surface area contributed by atoms with E-state index in [0.29, 0.717) is 6.04 Å². The zero-order valence-electron chi connectivity index (χ0n) is 12.7. The van der Waals surface area contributed by atoms with Crippen LogP contribution in [0.4, 0.5) is 0 Å². The number of piperidine rings is 1. The highest BCUT2D eigenvalue weighted by Gasteiger charge is 2.20. The molecular formula is C18H24N2O. The molecule has 112 valence electrons. The lowest BCUT2D eigenvalue weighted by Gasteiger charge is -2.35. The van der Waals surface area contributed by atoms with Crippen LogP contribution in [0.15, 0.2) is 36.4 Å². The van der Waals surface area contributed by atoms with Crippen molar-refractivity contribution < 1.29 is 4.74 Å². The van der Waals surface area contributed by atoms with Gasteiger partial charge < -0.3 is 10.5 Å². The molecule has 0 saturated carbocycles. The first-order valence-electron chi connectivity index (χ1n) is 7.81. The van der Waals surface area contributed by atoms with E-state index in [0.717, 1.165) is 18.8 Å². The molecule has 2 aromatic carbocycles. The lowest BCUT2D eigenvalue weighted by Crippen LogP contribution is -2.43. The molecule has 1 unspecified atom stereocenters. The van der Waals surface area contributed by atoms with E-state index in [9.17, 15) is 0 Å². The van der Waals surface area contributed by atoms with Crippen LogP contribution >= 0.6 is 0 Å². The van der Waals surface area contributed by atoms with Gasteiger partial charge in [0.25, 0.3) is 0 Å². The Morgan fingerprint density at radius 3 is 2.76 bits per heavy atom. The zero-order chi connectivity index (χ0) is 14.7. The maximum Gasteiger partial charge on any atom is 0.119 e. The SMILES string of the molecule is COc1ccc2cc(CN3CCCCC3CN)ccc2c1. The number of fused-ring (bicyclic) bond motifs is 1. The quantitative estimate of drug-likeness (QED) is 0.937. The number of hydrogen-bond donors (Lipinski definition) is 1. The van der Waals surface area contributed by atoms with Crippen molar-refractivity contribution in [3.63, 3.8) is 0 Å². The first kappa shape index (κ1) is 14.4. The van der Waals surface area contributed by atoms with Gasteiger partial charge in [-0.1, -0.05) is 24.6 Å². The number of likely N-dealkylation sites (tertiary alicyclic amines) is 1. The third-order valence-electron chi connectivity index (χ3n) is 4.52. The Morgan fingerprint density at radius 2 is 1.95 bits per heavy atom. The molecule has 0 aliphatic carbocycles. The monoisotopic (exact) mass is 284 g/mol. The van der Waals surface area contributed by atoms with E-state index in [-0.39, 0.29) is 0 Å². The van der Waals surface area contributed by atoms with Gasteiger partial charge in [0, 0.05) is 19.1 Å². The van der Waals surface area contributed by atoms with Gasteiger partial charge in [-0.2, -0.15) is 0 Å². The fourth-order valence-electron chi connectivity index (χ4n) is 3.27. The molecule has 0 spiro atoms. The molecule has 0 aromatic heterocycles. The topological polar surface area (TPSA) is 38.5 Å². The van der Waals surface area contributed by atoms with E-state index in [1.165, 1.54) is 42.1 Å². The number of rotatable bonds is 4. The minimum Gasteiger partial charge on any atom is -0.497 e. The maximum atomic E-state index is 5.91. The van der Waals surface area contributed by atoms with Crippen LogP contribution in [-0.2, 0) is 6.54 Å². The number of ether oxygens (including phenoxy) is 1. The minimum absolute atomic E-state index is 0.547. The van der Waals surface area contributed by atoms with Crippen LogP contribution in [0.3, 0.4) is 0 Å². The van der Waals surface area contributed by atoms with Crippen molar-refractivity contribution >= 4 is 10.8 Å². The summed E-state index contributed by atoms with van der Waals surface area (Å²) in [6, 6.07) is 13.5. The Kier molecular flexibility index (Phi) is 4.42. The van der Waals surface area contributed by atoms with Gasteiger partial charge in [-0.25, -0.2) is 0 Å². The second kappa shape index (κ2) is 6.46. The molecule has 1 saturated heterocycles. The molecule has 2 aromatic rings. The van der Waals surface area contributed by atoms with Crippen molar-refractivity contribution in [1.82, 2.24) is 4.90 Å². The molecule has 2 N–H and O–H groups in total. The van der Waals surface area contributed by atoms with Crippen molar-refractivity contribution in [2.45, 2.75) is 31.8 Å². The number of hydrogen-bond acceptors (Lipinski definition) is 3. The predicted octanol–water partition coefficient (Wildman–Crippen LogP) is 3.16.